The van der Waals surface area contributed by atoms with Crippen LogP contribution < -0.4 is 0 Å². The van der Waals surface area contributed by atoms with Crippen LogP contribution >= 0.6 is 0 Å². The Kier molecular flexibility index (Phi) is 6.48. The highest BCUT2D eigenvalue weighted by Gasteiger charge is 1.99. The molecule has 0 aromatic carbocycles. The van der Waals surface area contributed by atoms with Gasteiger partial charge in [-0.05, 0) is 12.8 Å². The second-order valence-corrected chi connectivity index (χ2v) is 2.02. The Hall–Kier alpha value is -0.990. The van der Waals surface area contributed by atoms with Crippen LogP contribution in [-0.2, 0) is 9.47 Å². The van der Waals surface area contributed by atoms with Crippen molar-refractivity contribution >= 4 is 6.16 Å². The van der Waals surface area contributed by atoms with Gasteiger partial charge in [0, 0.05) is 0 Å². The van der Waals surface area contributed by atoms with Crippen molar-refractivity contribution in [2.75, 3.05) is 13.2 Å². The molecule has 0 rings (SSSR count). The lowest BCUT2D eigenvalue weighted by atomic mass is 10.5. The summed E-state index contributed by atoms with van der Waals surface area (Å²) in [6.07, 6.45) is 2.58. The van der Waals surface area contributed by atoms with Gasteiger partial charge in [-0.15, -0.1) is 6.58 Å². The van der Waals surface area contributed by atoms with Gasteiger partial charge in [-0.2, -0.15) is 0 Å². The zero-order valence-electron chi connectivity index (χ0n) is 6.84. The molecule has 0 spiro atoms. The maximum atomic E-state index is 10.6. The zero-order valence-corrected chi connectivity index (χ0v) is 6.84. The maximum absolute atomic E-state index is 10.6. The van der Waals surface area contributed by atoms with Crippen LogP contribution in [-0.4, -0.2) is 19.4 Å². The van der Waals surface area contributed by atoms with E-state index in [1.807, 2.05) is 6.92 Å². The summed E-state index contributed by atoms with van der Waals surface area (Å²) in [5, 5.41) is 0. The molecule has 0 atom stereocenters. The fraction of sp³-hybridized carbons (Fsp3) is 0.625. The molecule has 0 radical (unpaired) electrons. The summed E-state index contributed by atoms with van der Waals surface area (Å²) in [6, 6.07) is 0. The lowest BCUT2D eigenvalue weighted by molar-refractivity contribution is 0.0566. The monoisotopic (exact) mass is 158 g/mol. The first-order valence-electron chi connectivity index (χ1n) is 3.71. The quantitative estimate of drug-likeness (QED) is 0.349. The van der Waals surface area contributed by atoms with E-state index in [0.717, 1.165) is 6.42 Å². The lowest BCUT2D eigenvalue weighted by Gasteiger charge is -2.02. The molecular formula is C8H14O3. The first-order valence-corrected chi connectivity index (χ1v) is 3.71. The molecule has 0 N–H and O–H groups in total. The Balaban J connectivity index is 3.15. The van der Waals surface area contributed by atoms with Gasteiger partial charge in [0.25, 0.3) is 0 Å². The first-order chi connectivity index (χ1) is 5.31. The highest BCUT2D eigenvalue weighted by Crippen LogP contribution is 1.89. The van der Waals surface area contributed by atoms with Gasteiger partial charge in [0.05, 0.1) is 13.2 Å². The number of carbonyl (C=O) groups excluding carboxylic acids is 1. The summed E-state index contributed by atoms with van der Waals surface area (Å²) < 4.78 is 9.29. The third-order valence-corrected chi connectivity index (χ3v) is 0.966. The molecular weight excluding hydrogens is 144 g/mol. The Morgan fingerprint density at radius 3 is 2.64 bits per heavy atom. The van der Waals surface area contributed by atoms with Gasteiger partial charge in [-0.3, -0.25) is 0 Å². The predicted octanol–water partition coefficient (Wildman–Crippen LogP) is 2.13. The minimum absolute atomic E-state index is 0.353. The average molecular weight is 158 g/mol. The van der Waals surface area contributed by atoms with Crippen molar-refractivity contribution in [3.05, 3.63) is 12.7 Å². The summed E-state index contributed by atoms with van der Waals surface area (Å²) >= 11 is 0. The molecule has 11 heavy (non-hydrogen) atoms. The van der Waals surface area contributed by atoms with E-state index >= 15 is 0 Å². The molecule has 0 saturated carbocycles. The summed E-state index contributed by atoms with van der Waals surface area (Å²) in [6.45, 7) is 6.19. The van der Waals surface area contributed by atoms with Crippen LogP contribution in [0, 0.1) is 0 Å². The van der Waals surface area contributed by atoms with Gasteiger partial charge in [0.15, 0.2) is 0 Å². The zero-order chi connectivity index (χ0) is 8.53. The van der Waals surface area contributed by atoms with Gasteiger partial charge in [-0.1, -0.05) is 13.0 Å². The second-order valence-electron chi connectivity index (χ2n) is 2.02. The van der Waals surface area contributed by atoms with E-state index in [1.165, 1.54) is 0 Å². The van der Waals surface area contributed by atoms with Crippen molar-refractivity contribution in [2.24, 2.45) is 0 Å². The molecule has 0 bridgehead atoms. The number of carbonyl (C=O) groups is 1. The number of hydrogen-bond donors (Lipinski definition) is 0. The van der Waals surface area contributed by atoms with Crippen molar-refractivity contribution in [3.63, 3.8) is 0 Å². The Morgan fingerprint density at radius 1 is 1.45 bits per heavy atom. The second kappa shape index (κ2) is 7.12. The van der Waals surface area contributed by atoms with E-state index in [1.54, 1.807) is 6.08 Å². The van der Waals surface area contributed by atoms with E-state index in [9.17, 15) is 4.79 Å². The normalized spacial score (nSPS) is 8.82. The van der Waals surface area contributed by atoms with Crippen molar-refractivity contribution < 1.29 is 14.3 Å². The van der Waals surface area contributed by atoms with E-state index in [4.69, 9.17) is 0 Å². The fourth-order valence-corrected chi connectivity index (χ4v) is 0.453. The van der Waals surface area contributed by atoms with Crippen LogP contribution in [0.3, 0.4) is 0 Å². The topological polar surface area (TPSA) is 35.5 Å². The molecule has 0 saturated heterocycles. The predicted molar refractivity (Wildman–Crippen MR) is 42.4 cm³/mol. The Bertz CT molecular complexity index is 121. The lowest BCUT2D eigenvalue weighted by Crippen LogP contribution is -2.08. The van der Waals surface area contributed by atoms with Crippen LogP contribution in [0.5, 0.6) is 0 Å². The van der Waals surface area contributed by atoms with Crippen LogP contribution in [0.25, 0.3) is 0 Å². The third kappa shape index (κ3) is 6.90. The first kappa shape index (κ1) is 10.0. The molecule has 0 aromatic heterocycles. The summed E-state index contributed by atoms with van der Waals surface area (Å²) in [5.41, 5.74) is 0. The molecule has 64 valence electrons. The number of hydrogen-bond acceptors (Lipinski definition) is 3. The SMILES string of the molecule is C=CCCOC(=O)OCCC. The average Bonchev–Trinajstić information content (AvgIpc) is 2.01. The standard InChI is InChI=1S/C8H14O3/c1-3-5-7-11-8(9)10-6-4-2/h3H,1,4-7H2,2H3. The van der Waals surface area contributed by atoms with E-state index < -0.39 is 6.16 Å². The van der Waals surface area contributed by atoms with Gasteiger partial charge >= 0.3 is 6.16 Å². The van der Waals surface area contributed by atoms with E-state index in [0.29, 0.717) is 19.6 Å². The molecule has 0 heterocycles. The number of ether oxygens (including phenoxy) is 2. The van der Waals surface area contributed by atoms with Crippen LogP contribution in [0.1, 0.15) is 19.8 Å². The molecule has 0 fully saturated rings. The van der Waals surface area contributed by atoms with Crippen molar-refractivity contribution in [2.45, 2.75) is 19.8 Å². The van der Waals surface area contributed by atoms with Gasteiger partial charge in [-0.25, -0.2) is 4.79 Å². The molecule has 0 aliphatic rings. The molecule has 3 heteroatoms. The van der Waals surface area contributed by atoms with Gasteiger partial charge in [0.2, 0.25) is 0 Å². The summed E-state index contributed by atoms with van der Waals surface area (Å²) in [4.78, 5) is 10.6. The summed E-state index contributed by atoms with van der Waals surface area (Å²) in [7, 11) is 0. The van der Waals surface area contributed by atoms with Crippen LogP contribution in [0.4, 0.5) is 4.79 Å². The fourth-order valence-electron chi connectivity index (χ4n) is 0.453. The third-order valence-electron chi connectivity index (χ3n) is 0.966. The Morgan fingerprint density at radius 2 is 2.09 bits per heavy atom. The molecule has 0 aliphatic carbocycles. The Labute approximate surface area is 67.0 Å². The highest BCUT2D eigenvalue weighted by molar-refractivity contribution is 5.59. The molecule has 0 aliphatic heterocycles. The molecule has 0 amide bonds. The molecule has 3 nitrogen and oxygen atoms in total. The maximum Gasteiger partial charge on any atom is 0.508 e. The minimum atomic E-state index is -0.589. The van der Waals surface area contributed by atoms with Crippen molar-refractivity contribution in [3.8, 4) is 0 Å². The van der Waals surface area contributed by atoms with Crippen molar-refractivity contribution in [1.29, 1.82) is 0 Å². The highest BCUT2D eigenvalue weighted by atomic mass is 16.7. The summed E-state index contributed by atoms with van der Waals surface area (Å²) in [5.74, 6) is 0. The molecule has 0 unspecified atom stereocenters. The van der Waals surface area contributed by atoms with Crippen LogP contribution in [0.2, 0.25) is 0 Å². The largest absolute Gasteiger partial charge is 0.508 e. The van der Waals surface area contributed by atoms with E-state index in [-0.39, 0.29) is 0 Å². The number of rotatable bonds is 5. The van der Waals surface area contributed by atoms with E-state index in [2.05, 4.69) is 16.1 Å². The van der Waals surface area contributed by atoms with Gasteiger partial charge < -0.3 is 9.47 Å². The smallest absolute Gasteiger partial charge is 0.434 e. The van der Waals surface area contributed by atoms with Crippen molar-refractivity contribution in [1.82, 2.24) is 0 Å². The van der Waals surface area contributed by atoms with Crippen LogP contribution in [0.15, 0.2) is 12.7 Å². The minimum Gasteiger partial charge on any atom is -0.434 e. The molecule has 0 aromatic rings. The van der Waals surface area contributed by atoms with Gasteiger partial charge in [0.1, 0.15) is 0 Å².